The Kier molecular flexibility index (Phi) is 5.92. The van der Waals surface area contributed by atoms with Crippen molar-refractivity contribution in [2.75, 3.05) is 5.32 Å². The monoisotopic (exact) mass is 488 g/mol. The highest BCUT2D eigenvalue weighted by atomic mass is 35.5. The van der Waals surface area contributed by atoms with Crippen molar-refractivity contribution in [3.63, 3.8) is 0 Å². The Hall–Kier alpha value is -3.87. The Morgan fingerprint density at radius 1 is 0.971 bits per heavy atom. The summed E-state index contributed by atoms with van der Waals surface area (Å²) in [6, 6.07) is 22.2. The standard InChI is InChI=1S/C26H18Cl2N4O2/c1-16-5-8-18(9-6-16)32-30-22-12-7-17(15-23(22)31-32)29-25(33)14-11-19-10-13-24(34-19)20-3-2-4-21(27)26(20)28/h2-15H,1H3,(H,29,33)/b14-11+. The minimum Gasteiger partial charge on any atom is -0.457 e. The maximum atomic E-state index is 12.4. The molecule has 6 nitrogen and oxygen atoms in total. The summed E-state index contributed by atoms with van der Waals surface area (Å²) in [5.41, 5.74) is 4.74. The number of amides is 1. The predicted molar refractivity (Wildman–Crippen MR) is 135 cm³/mol. The highest BCUT2D eigenvalue weighted by Gasteiger charge is 2.11. The van der Waals surface area contributed by atoms with Crippen molar-refractivity contribution in [1.29, 1.82) is 0 Å². The van der Waals surface area contributed by atoms with Crippen molar-refractivity contribution < 1.29 is 9.21 Å². The smallest absolute Gasteiger partial charge is 0.248 e. The van der Waals surface area contributed by atoms with E-state index in [9.17, 15) is 4.79 Å². The maximum absolute atomic E-state index is 12.4. The molecule has 0 unspecified atom stereocenters. The molecule has 5 rings (SSSR count). The van der Waals surface area contributed by atoms with Gasteiger partial charge in [0, 0.05) is 17.3 Å². The number of aromatic nitrogens is 3. The lowest BCUT2D eigenvalue weighted by Gasteiger charge is -2.02. The number of anilines is 1. The summed E-state index contributed by atoms with van der Waals surface area (Å²) in [5.74, 6) is 0.774. The van der Waals surface area contributed by atoms with Crippen molar-refractivity contribution in [3.8, 4) is 17.0 Å². The number of furan rings is 1. The summed E-state index contributed by atoms with van der Waals surface area (Å²) in [7, 11) is 0. The van der Waals surface area contributed by atoms with Gasteiger partial charge in [0.2, 0.25) is 5.91 Å². The SMILES string of the molecule is Cc1ccc(-n2nc3ccc(NC(=O)/C=C/c4ccc(-c5cccc(Cl)c5Cl)o4)cc3n2)cc1. The molecular weight excluding hydrogens is 471 g/mol. The summed E-state index contributed by atoms with van der Waals surface area (Å²) in [5, 5.41) is 12.7. The van der Waals surface area contributed by atoms with Gasteiger partial charge in [-0.15, -0.1) is 10.2 Å². The summed E-state index contributed by atoms with van der Waals surface area (Å²) >= 11 is 12.3. The predicted octanol–water partition coefficient (Wildman–Crippen LogP) is 6.95. The molecule has 0 spiro atoms. The molecule has 2 heterocycles. The van der Waals surface area contributed by atoms with E-state index in [1.807, 2.05) is 43.3 Å². The Labute approximate surface area is 205 Å². The molecule has 5 aromatic rings. The molecule has 8 heteroatoms. The lowest BCUT2D eigenvalue weighted by atomic mass is 10.2. The molecular formula is C26H18Cl2N4O2. The Balaban J connectivity index is 1.29. The second kappa shape index (κ2) is 9.17. The van der Waals surface area contributed by atoms with E-state index < -0.39 is 0 Å². The van der Waals surface area contributed by atoms with Crippen LogP contribution in [0.25, 0.3) is 34.1 Å². The zero-order valence-corrected chi connectivity index (χ0v) is 19.5. The van der Waals surface area contributed by atoms with Crippen molar-refractivity contribution in [3.05, 3.63) is 100 Å². The number of carbonyl (C=O) groups is 1. The van der Waals surface area contributed by atoms with E-state index in [-0.39, 0.29) is 5.91 Å². The lowest BCUT2D eigenvalue weighted by molar-refractivity contribution is -0.111. The zero-order chi connectivity index (χ0) is 23.7. The van der Waals surface area contributed by atoms with E-state index in [4.69, 9.17) is 27.6 Å². The molecule has 0 bridgehead atoms. The molecule has 0 aliphatic carbocycles. The van der Waals surface area contributed by atoms with Crippen LogP contribution in [0.4, 0.5) is 5.69 Å². The first kappa shape index (κ1) is 21.9. The quantitative estimate of drug-likeness (QED) is 0.271. The highest BCUT2D eigenvalue weighted by molar-refractivity contribution is 6.43. The molecule has 1 N–H and O–H groups in total. The average Bonchev–Trinajstić information content (AvgIpc) is 3.47. The van der Waals surface area contributed by atoms with Gasteiger partial charge in [-0.05, 0) is 67.6 Å². The molecule has 0 atom stereocenters. The maximum Gasteiger partial charge on any atom is 0.248 e. The first-order valence-corrected chi connectivity index (χ1v) is 11.2. The molecule has 0 radical (unpaired) electrons. The normalized spacial score (nSPS) is 11.4. The van der Waals surface area contributed by atoms with Crippen molar-refractivity contribution in [2.24, 2.45) is 0 Å². The average molecular weight is 489 g/mol. The second-order valence-corrected chi connectivity index (χ2v) is 8.44. The number of hydrogen-bond acceptors (Lipinski definition) is 4. The third-order valence-corrected chi connectivity index (χ3v) is 5.97. The van der Waals surface area contributed by atoms with E-state index in [0.717, 1.165) is 16.8 Å². The van der Waals surface area contributed by atoms with Crippen LogP contribution in [0, 0.1) is 6.92 Å². The lowest BCUT2D eigenvalue weighted by Crippen LogP contribution is -2.07. The fraction of sp³-hybridized carbons (Fsp3) is 0.0385. The number of rotatable bonds is 5. The number of nitrogens with zero attached hydrogens (tertiary/aromatic N) is 3. The van der Waals surface area contributed by atoms with Gasteiger partial charge >= 0.3 is 0 Å². The van der Waals surface area contributed by atoms with E-state index in [1.165, 1.54) is 6.08 Å². The number of fused-ring (bicyclic) bond motifs is 1. The summed E-state index contributed by atoms with van der Waals surface area (Å²) < 4.78 is 5.79. The van der Waals surface area contributed by atoms with E-state index in [1.54, 1.807) is 47.3 Å². The Bertz CT molecular complexity index is 1530. The van der Waals surface area contributed by atoms with Crippen LogP contribution in [-0.4, -0.2) is 20.9 Å². The fourth-order valence-electron chi connectivity index (χ4n) is 3.41. The van der Waals surface area contributed by atoms with Crippen LogP contribution < -0.4 is 5.32 Å². The van der Waals surface area contributed by atoms with Gasteiger partial charge in [-0.3, -0.25) is 4.79 Å². The Morgan fingerprint density at radius 3 is 2.59 bits per heavy atom. The van der Waals surface area contributed by atoms with Gasteiger partial charge in [-0.2, -0.15) is 4.80 Å². The van der Waals surface area contributed by atoms with Gasteiger partial charge in [-0.1, -0.05) is 47.0 Å². The van der Waals surface area contributed by atoms with Crippen LogP contribution in [-0.2, 0) is 4.79 Å². The van der Waals surface area contributed by atoms with Gasteiger partial charge in [0.1, 0.15) is 22.6 Å². The molecule has 2 aromatic heterocycles. The van der Waals surface area contributed by atoms with Gasteiger partial charge in [0.15, 0.2) is 0 Å². The largest absolute Gasteiger partial charge is 0.457 e. The van der Waals surface area contributed by atoms with Gasteiger partial charge in [-0.25, -0.2) is 0 Å². The molecule has 1 amide bonds. The number of aryl methyl sites for hydroxylation is 1. The fourth-order valence-corrected chi connectivity index (χ4v) is 3.80. The molecule has 0 saturated heterocycles. The summed E-state index contributed by atoms with van der Waals surface area (Å²) in [4.78, 5) is 14.0. The number of hydrogen-bond donors (Lipinski definition) is 1. The van der Waals surface area contributed by atoms with Crippen molar-refractivity contribution in [1.82, 2.24) is 15.0 Å². The Morgan fingerprint density at radius 2 is 1.76 bits per heavy atom. The van der Waals surface area contributed by atoms with E-state index in [2.05, 4.69) is 15.5 Å². The number of halogens is 2. The van der Waals surface area contributed by atoms with E-state index in [0.29, 0.717) is 38.3 Å². The van der Waals surface area contributed by atoms with E-state index >= 15 is 0 Å². The number of benzene rings is 3. The second-order valence-electron chi connectivity index (χ2n) is 7.65. The van der Waals surface area contributed by atoms with Crippen LogP contribution in [0.3, 0.4) is 0 Å². The van der Waals surface area contributed by atoms with Crippen LogP contribution in [0.5, 0.6) is 0 Å². The van der Waals surface area contributed by atoms with Crippen LogP contribution in [0.2, 0.25) is 10.0 Å². The third-order valence-electron chi connectivity index (χ3n) is 5.16. The van der Waals surface area contributed by atoms with Crippen molar-refractivity contribution >= 4 is 51.9 Å². The molecule has 0 fully saturated rings. The van der Waals surface area contributed by atoms with Crippen LogP contribution in [0.15, 0.2) is 83.3 Å². The van der Waals surface area contributed by atoms with Gasteiger partial charge in [0.25, 0.3) is 0 Å². The molecule has 0 aliphatic heterocycles. The molecule has 0 aliphatic rings. The zero-order valence-electron chi connectivity index (χ0n) is 18.0. The van der Waals surface area contributed by atoms with Crippen LogP contribution in [0.1, 0.15) is 11.3 Å². The molecule has 0 saturated carbocycles. The van der Waals surface area contributed by atoms with Crippen LogP contribution >= 0.6 is 23.2 Å². The number of carbonyl (C=O) groups excluding carboxylic acids is 1. The molecule has 168 valence electrons. The van der Waals surface area contributed by atoms with Gasteiger partial charge < -0.3 is 9.73 Å². The number of nitrogens with one attached hydrogen (secondary N) is 1. The summed E-state index contributed by atoms with van der Waals surface area (Å²) in [6.07, 6.45) is 2.99. The minimum absolute atomic E-state index is 0.302. The first-order chi connectivity index (χ1) is 16.5. The third kappa shape index (κ3) is 4.59. The topological polar surface area (TPSA) is 73.0 Å². The molecule has 34 heavy (non-hydrogen) atoms. The molecule has 3 aromatic carbocycles. The summed E-state index contributed by atoms with van der Waals surface area (Å²) in [6.45, 7) is 2.03. The first-order valence-electron chi connectivity index (χ1n) is 10.4. The van der Waals surface area contributed by atoms with Crippen molar-refractivity contribution in [2.45, 2.75) is 6.92 Å². The van der Waals surface area contributed by atoms with Gasteiger partial charge in [0.05, 0.1) is 15.7 Å². The minimum atomic E-state index is -0.302. The highest BCUT2D eigenvalue weighted by Crippen LogP contribution is 2.34.